The fourth-order valence-electron chi connectivity index (χ4n) is 2.95. The van der Waals surface area contributed by atoms with E-state index in [4.69, 9.17) is 10.5 Å². The molecule has 2 atom stereocenters. The maximum absolute atomic E-state index is 12.5. The van der Waals surface area contributed by atoms with E-state index in [2.05, 4.69) is 10.6 Å². The first-order valence-corrected chi connectivity index (χ1v) is 10.3. The number of rotatable bonds is 16. The maximum atomic E-state index is 12.5. The van der Waals surface area contributed by atoms with Gasteiger partial charge in [-0.25, -0.2) is 0 Å². The van der Waals surface area contributed by atoms with Gasteiger partial charge in [0.05, 0.1) is 5.56 Å². The number of carbonyl (C=O) groups is 5. The molecule has 176 valence electrons. The van der Waals surface area contributed by atoms with Crippen LogP contribution in [0.3, 0.4) is 0 Å². The molecule has 11 heteroatoms. The second kappa shape index (κ2) is 14.7. The van der Waals surface area contributed by atoms with Crippen molar-refractivity contribution >= 4 is 30.3 Å². The fraction of sp³-hybridized carbons (Fsp3) is 0.476. The third-order valence-corrected chi connectivity index (χ3v) is 4.60. The third-order valence-electron chi connectivity index (χ3n) is 4.60. The molecule has 0 aliphatic carbocycles. The van der Waals surface area contributed by atoms with E-state index < -0.39 is 17.0 Å². The molecular weight excluding hydrogens is 420 g/mol. The molecule has 11 nitrogen and oxygen atoms in total. The van der Waals surface area contributed by atoms with Crippen LogP contribution in [0.25, 0.3) is 0 Å². The second-order valence-corrected chi connectivity index (χ2v) is 7.12. The van der Waals surface area contributed by atoms with Crippen LogP contribution in [0.5, 0.6) is 5.75 Å². The van der Waals surface area contributed by atoms with Crippen LogP contribution in [0.2, 0.25) is 0 Å². The minimum absolute atomic E-state index is 0.00919. The Morgan fingerprint density at radius 1 is 1.19 bits per heavy atom. The summed E-state index contributed by atoms with van der Waals surface area (Å²) in [5, 5.41) is 17.3. The summed E-state index contributed by atoms with van der Waals surface area (Å²) in [6, 6.07) is 3.48. The predicted molar refractivity (Wildman–Crippen MR) is 115 cm³/mol. The highest BCUT2D eigenvalue weighted by molar-refractivity contribution is 5.83. The molecule has 0 aliphatic rings. The molecule has 1 aromatic rings. The van der Waals surface area contributed by atoms with Crippen LogP contribution in [0, 0.1) is 5.21 Å². The Morgan fingerprint density at radius 3 is 2.47 bits per heavy atom. The highest BCUT2D eigenvalue weighted by Crippen LogP contribution is 2.20. The van der Waals surface area contributed by atoms with E-state index >= 15 is 0 Å². The van der Waals surface area contributed by atoms with E-state index in [9.17, 15) is 29.2 Å². The number of hydrogen-bond donors (Lipinski definition) is 4. The molecule has 0 radical (unpaired) electrons. The number of hydrogen-bond acceptors (Lipinski definition) is 7. The first-order chi connectivity index (χ1) is 15.3. The second-order valence-electron chi connectivity index (χ2n) is 7.12. The SMILES string of the molecule is CC(=O)NCCCCNC(=O)COc1cccc(C[NH+]([O-])C(CCC=O)C(N)=O)c1C=O. The van der Waals surface area contributed by atoms with Gasteiger partial charge < -0.3 is 36.2 Å². The number of nitrogens with two attached hydrogens (primary N) is 1. The molecule has 0 fully saturated rings. The quantitative estimate of drug-likeness (QED) is 0.137. The number of amides is 3. The molecular formula is C21H30N4O7. The van der Waals surface area contributed by atoms with Gasteiger partial charge in [-0.15, -0.1) is 0 Å². The summed E-state index contributed by atoms with van der Waals surface area (Å²) < 4.78 is 5.45. The first kappa shape index (κ1) is 26.7. The number of hydroxylamine groups is 2. The molecule has 1 aromatic carbocycles. The Hall–Kier alpha value is -3.31. The molecule has 0 aromatic heterocycles. The van der Waals surface area contributed by atoms with Gasteiger partial charge in [0, 0.05) is 38.4 Å². The number of unbranched alkanes of at least 4 members (excludes halogenated alkanes) is 1. The van der Waals surface area contributed by atoms with Crippen molar-refractivity contribution in [3.8, 4) is 5.75 Å². The van der Waals surface area contributed by atoms with E-state index in [1.54, 1.807) is 12.1 Å². The largest absolute Gasteiger partial charge is 0.633 e. The summed E-state index contributed by atoms with van der Waals surface area (Å²) in [7, 11) is 0. The lowest BCUT2D eigenvalue weighted by Crippen LogP contribution is -3.11. The first-order valence-electron chi connectivity index (χ1n) is 10.3. The fourth-order valence-corrected chi connectivity index (χ4v) is 2.95. The molecule has 1 rings (SSSR count). The van der Waals surface area contributed by atoms with Crippen molar-refractivity contribution in [3.05, 3.63) is 34.5 Å². The van der Waals surface area contributed by atoms with Crippen molar-refractivity contribution in [3.63, 3.8) is 0 Å². The number of quaternary nitrogens is 1. The minimum atomic E-state index is -1.12. The van der Waals surface area contributed by atoms with Crippen molar-refractivity contribution < 1.29 is 33.8 Å². The molecule has 0 saturated carbocycles. The Labute approximate surface area is 186 Å². The molecule has 0 saturated heterocycles. The third kappa shape index (κ3) is 9.67. The average Bonchev–Trinajstić information content (AvgIpc) is 2.74. The lowest BCUT2D eigenvalue weighted by molar-refractivity contribution is -0.879. The number of ether oxygens (including phenoxy) is 1. The van der Waals surface area contributed by atoms with Gasteiger partial charge in [-0.05, 0) is 18.9 Å². The lowest BCUT2D eigenvalue weighted by atomic mass is 10.1. The van der Waals surface area contributed by atoms with Gasteiger partial charge in [0.25, 0.3) is 11.8 Å². The van der Waals surface area contributed by atoms with Gasteiger partial charge in [0.1, 0.15) is 18.6 Å². The average molecular weight is 450 g/mol. The zero-order valence-electron chi connectivity index (χ0n) is 18.1. The summed E-state index contributed by atoms with van der Waals surface area (Å²) in [5.74, 6) is -1.19. The number of nitrogens with one attached hydrogen (secondary N) is 3. The maximum Gasteiger partial charge on any atom is 0.276 e. The number of primary amides is 1. The summed E-state index contributed by atoms with van der Waals surface area (Å²) in [5.41, 5.74) is 5.69. The molecule has 0 bridgehead atoms. The Balaban J connectivity index is 2.64. The van der Waals surface area contributed by atoms with E-state index in [0.29, 0.717) is 44.1 Å². The van der Waals surface area contributed by atoms with E-state index in [1.165, 1.54) is 13.0 Å². The molecule has 0 heterocycles. The van der Waals surface area contributed by atoms with Crippen LogP contribution in [0.4, 0.5) is 0 Å². The minimum Gasteiger partial charge on any atom is -0.633 e. The van der Waals surface area contributed by atoms with Crippen molar-refractivity contribution in [2.45, 2.75) is 45.2 Å². The van der Waals surface area contributed by atoms with Crippen LogP contribution in [0.15, 0.2) is 18.2 Å². The monoisotopic (exact) mass is 450 g/mol. The van der Waals surface area contributed by atoms with E-state index in [1.807, 2.05) is 0 Å². The number of carbonyl (C=O) groups excluding carboxylic acids is 5. The molecule has 0 aliphatic heterocycles. The van der Waals surface area contributed by atoms with Crippen molar-refractivity contribution in [1.82, 2.24) is 10.6 Å². The van der Waals surface area contributed by atoms with Crippen LogP contribution < -0.4 is 26.2 Å². The molecule has 2 unspecified atom stereocenters. The van der Waals surface area contributed by atoms with Gasteiger partial charge in [-0.2, -0.15) is 0 Å². The predicted octanol–water partition coefficient (Wildman–Crippen LogP) is -1.37. The smallest absolute Gasteiger partial charge is 0.276 e. The highest BCUT2D eigenvalue weighted by Gasteiger charge is 2.23. The molecule has 32 heavy (non-hydrogen) atoms. The topological polar surface area (TPSA) is 172 Å². The van der Waals surface area contributed by atoms with Gasteiger partial charge >= 0.3 is 0 Å². The highest BCUT2D eigenvalue weighted by atomic mass is 16.5. The van der Waals surface area contributed by atoms with Crippen LogP contribution >= 0.6 is 0 Å². The Morgan fingerprint density at radius 2 is 1.88 bits per heavy atom. The van der Waals surface area contributed by atoms with E-state index in [-0.39, 0.29) is 49.1 Å². The van der Waals surface area contributed by atoms with Crippen molar-refractivity contribution in [2.75, 3.05) is 19.7 Å². The van der Waals surface area contributed by atoms with Crippen LogP contribution in [0.1, 0.15) is 48.5 Å². The number of benzene rings is 1. The van der Waals surface area contributed by atoms with Gasteiger partial charge in [-0.3, -0.25) is 19.2 Å². The summed E-state index contributed by atoms with van der Waals surface area (Å²) >= 11 is 0. The van der Waals surface area contributed by atoms with Gasteiger partial charge in [0.15, 0.2) is 18.9 Å². The van der Waals surface area contributed by atoms with Crippen molar-refractivity contribution in [2.24, 2.45) is 5.73 Å². The zero-order chi connectivity index (χ0) is 23.9. The Bertz CT molecular complexity index is 800. The molecule has 0 spiro atoms. The normalized spacial score (nSPS) is 12.3. The summed E-state index contributed by atoms with van der Waals surface area (Å²) in [6.07, 6.45) is 2.53. The Kier molecular flexibility index (Phi) is 12.2. The van der Waals surface area contributed by atoms with E-state index in [0.717, 1.165) is 0 Å². The van der Waals surface area contributed by atoms with Crippen LogP contribution in [-0.2, 0) is 25.7 Å². The summed E-state index contributed by atoms with van der Waals surface area (Å²) in [4.78, 5) is 56.4. The van der Waals surface area contributed by atoms with Crippen LogP contribution in [-0.4, -0.2) is 56.0 Å². The van der Waals surface area contributed by atoms with Gasteiger partial charge in [0.2, 0.25) is 5.91 Å². The molecule has 3 amide bonds. The lowest BCUT2D eigenvalue weighted by Gasteiger charge is -2.29. The van der Waals surface area contributed by atoms with Gasteiger partial charge in [-0.1, -0.05) is 12.1 Å². The molecule has 5 N–H and O–H groups in total. The standard InChI is InChI=1S/C21H30N4O7/c1-15(28)23-9-2-3-10-24-20(29)14-32-19-8-4-6-16(17(19)13-27)12-25(31)18(21(22)30)7-5-11-26/h4,6,8,11,13,18,25H,2-3,5,7,9-10,12,14H2,1H3,(H2,22,30)(H,23,28)(H,24,29). The zero-order valence-corrected chi connectivity index (χ0v) is 18.1. The number of aldehydes is 2. The van der Waals surface area contributed by atoms with Crippen molar-refractivity contribution in [1.29, 1.82) is 0 Å². The summed E-state index contributed by atoms with van der Waals surface area (Å²) in [6.45, 7) is 1.81.